The number of aromatic nitrogens is 3. The third-order valence-electron chi connectivity index (χ3n) is 4.39. The number of nitrogens with zero attached hydrogens (tertiary/aromatic N) is 5. The van der Waals surface area contributed by atoms with Crippen LogP contribution in [-0.2, 0) is 7.05 Å². The van der Waals surface area contributed by atoms with Gasteiger partial charge in [0.25, 0.3) is 5.91 Å². The van der Waals surface area contributed by atoms with Gasteiger partial charge in [-0.3, -0.25) is 4.79 Å². The van der Waals surface area contributed by atoms with Crippen molar-refractivity contribution in [2.24, 2.45) is 7.05 Å². The highest BCUT2D eigenvalue weighted by Crippen LogP contribution is 2.26. The summed E-state index contributed by atoms with van der Waals surface area (Å²) in [5, 5.41) is 0. The van der Waals surface area contributed by atoms with Crippen LogP contribution in [-0.4, -0.2) is 52.5 Å². The zero-order valence-electron chi connectivity index (χ0n) is 13.9. The Hall–Kier alpha value is -2.37. The van der Waals surface area contributed by atoms with Gasteiger partial charge in [0.1, 0.15) is 11.6 Å². The van der Waals surface area contributed by atoms with Gasteiger partial charge in [-0.1, -0.05) is 0 Å². The maximum Gasteiger partial charge on any atom is 0.255 e. The monoisotopic (exact) mass is 313 g/mol. The van der Waals surface area contributed by atoms with E-state index in [4.69, 9.17) is 0 Å². The summed E-state index contributed by atoms with van der Waals surface area (Å²) in [6.45, 7) is 1.52. The van der Waals surface area contributed by atoms with Crippen LogP contribution in [0.1, 0.15) is 34.9 Å². The molecule has 1 unspecified atom stereocenters. The summed E-state index contributed by atoms with van der Waals surface area (Å²) in [5.74, 6) is 2.28. The molecule has 0 aliphatic carbocycles. The van der Waals surface area contributed by atoms with Crippen LogP contribution >= 0.6 is 0 Å². The maximum absolute atomic E-state index is 12.7. The highest BCUT2D eigenvalue weighted by atomic mass is 16.2. The second-order valence-electron chi connectivity index (χ2n) is 6.29. The standard InChI is InChI=1S/C17H23N5O/c1-20(2)15-7-6-13(11-19-15)17(23)22-9-4-5-14(12-22)16-18-8-10-21(16)3/h6-8,10-11,14H,4-5,9,12H2,1-3H3. The number of hydrogen-bond donors (Lipinski definition) is 0. The van der Waals surface area contributed by atoms with Crippen LogP contribution in [0.5, 0.6) is 0 Å². The lowest BCUT2D eigenvalue weighted by Crippen LogP contribution is -2.39. The zero-order chi connectivity index (χ0) is 16.4. The van der Waals surface area contributed by atoms with Gasteiger partial charge in [-0.15, -0.1) is 0 Å². The van der Waals surface area contributed by atoms with Crippen LogP contribution < -0.4 is 4.90 Å². The van der Waals surface area contributed by atoms with Crippen molar-refractivity contribution >= 4 is 11.7 Å². The number of pyridine rings is 1. The Labute approximate surface area is 136 Å². The first-order chi connectivity index (χ1) is 11.1. The van der Waals surface area contributed by atoms with Gasteiger partial charge >= 0.3 is 0 Å². The van der Waals surface area contributed by atoms with E-state index < -0.39 is 0 Å². The van der Waals surface area contributed by atoms with E-state index in [0.717, 1.165) is 37.6 Å². The van der Waals surface area contributed by atoms with Crippen molar-refractivity contribution in [1.82, 2.24) is 19.4 Å². The average Bonchev–Trinajstić information content (AvgIpc) is 3.00. The van der Waals surface area contributed by atoms with E-state index in [1.807, 2.05) is 60.0 Å². The number of anilines is 1. The van der Waals surface area contributed by atoms with Crippen LogP contribution in [0.25, 0.3) is 0 Å². The van der Waals surface area contributed by atoms with Gasteiger partial charge in [0.15, 0.2) is 0 Å². The lowest BCUT2D eigenvalue weighted by molar-refractivity contribution is 0.0703. The zero-order valence-corrected chi connectivity index (χ0v) is 13.9. The summed E-state index contributed by atoms with van der Waals surface area (Å²) in [6, 6.07) is 3.74. The third-order valence-corrected chi connectivity index (χ3v) is 4.39. The third kappa shape index (κ3) is 3.21. The van der Waals surface area contributed by atoms with Crippen molar-refractivity contribution in [2.75, 3.05) is 32.1 Å². The number of carbonyl (C=O) groups is 1. The van der Waals surface area contributed by atoms with Gasteiger partial charge in [0, 0.05) is 58.7 Å². The van der Waals surface area contributed by atoms with Crippen LogP contribution in [0, 0.1) is 0 Å². The highest BCUT2D eigenvalue weighted by molar-refractivity contribution is 5.94. The second kappa shape index (κ2) is 6.40. The molecule has 1 aliphatic rings. The molecule has 1 fully saturated rings. The fraction of sp³-hybridized carbons (Fsp3) is 0.471. The van der Waals surface area contributed by atoms with Gasteiger partial charge in [-0.2, -0.15) is 0 Å². The first-order valence-electron chi connectivity index (χ1n) is 7.96. The van der Waals surface area contributed by atoms with Gasteiger partial charge < -0.3 is 14.4 Å². The SMILES string of the molecule is CN(C)c1ccc(C(=O)N2CCCC(c3nccn3C)C2)cn1. The Morgan fingerprint density at radius 3 is 2.74 bits per heavy atom. The normalized spacial score (nSPS) is 18.0. The molecule has 1 atom stereocenters. The number of hydrogen-bond acceptors (Lipinski definition) is 4. The Morgan fingerprint density at radius 1 is 1.30 bits per heavy atom. The molecular formula is C17H23N5O. The molecule has 3 rings (SSSR count). The largest absolute Gasteiger partial charge is 0.363 e. The summed E-state index contributed by atoms with van der Waals surface area (Å²) in [7, 11) is 5.88. The topological polar surface area (TPSA) is 54.3 Å². The molecule has 6 nitrogen and oxygen atoms in total. The molecular weight excluding hydrogens is 290 g/mol. The summed E-state index contributed by atoms with van der Waals surface area (Å²) in [6.07, 6.45) is 7.53. The quantitative estimate of drug-likeness (QED) is 0.868. The van der Waals surface area contributed by atoms with E-state index >= 15 is 0 Å². The smallest absolute Gasteiger partial charge is 0.255 e. The van der Waals surface area contributed by atoms with Gasteiger partial charge in [0.05, 0.1) is 5.56 Å². The average molecular weight is 313 g/mol. The van der Waals surface area contributed by atoms with Crippen molar-refractivity contribution in [3.63, 3.8) is 0 Å². The minimum Gasteiger partial charge on any atom is -0.363 e. The van der Waals surface area contributed by atoms with Crippen LogP contribution in [0.15, 0.2) is 30.7 Å². The van der Waals surface area contributed by atoms with E-state index in [-0.39, 0.29) is 5.91 Å². The molecule has 1 saturated heterocycles. The second-order valence-corrected chi connectivity index (χ2v) is 6.29. The van der Waals surface area contributed by atoms with E-state index in [1.54, 1.807) is 6.20 Å². The minimum absolute atomic E-state index is 0.0571. The summed E-state index contributed by atoms with van der Waals surface area (Å²) >= 11 is 0. The predicted molar refractivity (Wildman–Crippen MR) is 89.7 cm³/mol. The molecule has 0 N–H and O–H groups in total. The van der Waals surface area contributed by atoms with Crippen molar-refractivity contribution in [3.05, 3.63) is 42.1 Å². The number of likely N-dealkylation sites (tertiary alicyclic amines) is 1. The van der Waals surface area contributed by atoms with Crippen molar-refractivity contribution in [3.8, 4) is 0 Å². The number of rotatable bonds is 3. The molecule has 0 aromatic carbocycles. The molecule has 1 amide bonds. The number of imidazole rings is 1. The van der Waals surface area contributed by atoms with Gasteiger partial charge in [-0.25, -0.2) is 9.97 Å². The number of piperidine rings is 1. The Morgan fingerprint density at radius 2 is 2.13 bits per heavy atom. The Kier molecular flexibility index (Phi) is 4.32. The van der Waals surface area contributed by atoms with E-state index in [1.165, 1.54) is 0 Å². The van der Waals surface area contributed by atoms with Crippen molar-refractivity contribution < 1.29 is 4.79 Å². The van der Waals surface area contributed by atoms with Crippen molar-refractivity contribution in [1.29, 1.82) is 0 Å². The summed E-state index contributed by atoms with van der Waals surface area (Å²) in [4.78, 5) is 25.4. The summed E-state index contributed by atoms with van der Waals surface area (Å²) < 4.78 is 2.05. The molecule has 0 spiro atoms. The van der Waals surface area contributed by atoms with E-state index in [9.17, 15) is 4.79 Å². The minimum atomic E-state index is 0.0571. The highest BCUT2D eigenvalue weighted by Gasteiger charge is 2.27. The Bertz CT molecular complexity index is 677. The van der Waals surface area contributed by atoms with Crippen molar-refractivity contribution in [2.45, 2.75) is 18.8 Å². The first kappa shape index (κ1) is 15.5. The van der Waals surface area contributed by atoms with Gasteiger partial charge in [-0.05, 0) is 25.0 Å². The maximum atomic E-state index is 12.7. The van der Waals surface area contributed by atoms with E-state index in [0.29, 0.717) is 11.5 Å². The summed E-state index contributed by atoms with van der Waals surface area (Å²) in [5.41, 5.74) is 0.649. The fourth-order valence-electron chi connectivity index (χ4n) is 3.10. The molecule has 0 radical (unpaired) electrons. The predicted octanol–water partition coefficient (Wildman–Crippen LogP) is 1.90. The first-order valence-corrected chi connectivity index (χ1v) is 7.96. The molecule has 0 saturated carbocycles. The van der Waals surface area contributed by atoms with Crippen LogP contribution in [0.4, 0.5) is 5.82 Å². The molecule has 23 heavy (non-hydrogen) atoms. The number of carbonyl (C=O) groups excluding carboxylic acids is 1. The van der Waals surface area contributed by atoms with Crippen LogP contribution in [0.3, 0.4) is 0 Å². The number of aryl methyl sites for hydroxylation is 1. The molecule has 2 aromatic rings. The molecule has 6 heteroatoms. The Balaban J connectivity index is 1.73. The van der Waals surface area contributed by atoms with Crippen LogP contribution in [0.2, 0.25) is 0 Å². The lowest BCUT2D eigenvalue weighted by atomic mass is 9.96. The lowest BCUT2D eigenvalue weighted by Gasteiger charge is -2.32. The molecule has 122 valence electrons. The number of amides is 1. The fourth-order valence-corrected chi connectivity index (χ4v) is 3.10. The van der Waals surface area contributed by atoms with Gasteiger partial charge in [0.2, 0.25) is 0 Å². The van der Waals surface area contributed by atoms with E-state index in [2.05, 4.69) is 9.97 Å². The molecule has 1 aliphatic heterocycles. The molecule has 0 bridgehead atoms. The molecule has 3 heterocycles. The molecule has 2 aromatic heterocycles.